The predicted molar refractivity (Wildman–Crippen MR) is 175 cm³/mol. The highest BCUT2D eigenvalue weighted by Crippen LogP contribution is 2.33. The maximum Gasteiger partial charge on any atom is 0.471 e. The second kappa shape index (κ2) is 15.8. The number of alkyl halides is 3. The summed E-state index contributed by atoms with van der Waals surface area (Å²) in [6.07, 6.45) is -4.09. The van der Waals surface area contributed by atoms with Crippen LogP contribution in [0.3, 0.4) is 0 Å². The van der Waals surface area contributed by atoms with Crippen molar-refractivity contribution in [2.45, 2.75) is 57.0 Å². The third-order valence-electron chi connectivity index (χ3n) is 8.84. The van der Waals surface area contributed by atoms with Crippen LogP contribution in [-0.2, 0) is 20.8 Å². The molecule has 3 aromatic rings. The number of nitrogens with one attached hydrogen (secondary N) is 1. The molecule has 1 atom stereocenters. The van der Waals surface area contributed by atoms with E-state index in [0.717, 1.165) is 28.2 Å². The molecule has 2 saturated heterocycles. The number of carbonyl (C=O) groups is 2. The zero-order valence-electron chi connectivity index (χ0n) is 27.2. The van der Waals surface area contributed by atoms with Crippen LogP contribution in [0.1, 0.15) is 49.8 Å². The van der Waals surface area contributed by atoms with Gasteiger partial charge in [-0.1, -0.05) is 42.9 Å². The fourth-order valence-corrected chi connectivity index (χ4v) is 7.01. The number of carbonyl (C=O) groups excluding carboxylic acids is 2. The normalized spacial score (nSPS) is 17.3. The first-order chi connectivity index (χ1) is 23.4. The average molecular weight is 711 g/mol. The molecule has 0 radical (unpaired) electrons. The van der Waals surface area contributed by atoms with Crippen molar-refractivity contribution >= 4 is 33.6 Å². The minimum Gasteiger partial charge on any atom is -0.506 e. The third kappa shape index (κ3) is 9.23. The predicted octanol–water partition coefficient (Wildman–Crippen LogP) is 4.40. The Morgan fingerprint density at radius 3 is 2.55 bits per heavy atom. The maximum absolute atomic E-state index is 13.1. The lowest BCUT2D eigenvalue weighted by Crippen LogP contribution is -2.59. The van der Waals surface area contributed by atoms with E-state index in [1.807, 2.05) is 19.1 Å². The lowest BCUT2D eigenvalue weighted by molar-refractivity contribution is -0.200. The number of benzene rings is 2. The quantitative estimate of drug-likeness (QED) is 0.233. The molecular weight excluding hydrogens is 669 g/mol. The smallest absolute Gasteiger partial charge is 0.471 e. The monoisotopic (exact) mass is 710 g/mol. The standard InChI is InChI=1S/C33H41F3N4O8S/c1-2-3-16-47-31(45)40(20-26(42)24-8-9-25(41)27-28(24)49-30(44)37-27)19-22-4-6-23(7-5-22)46-17-14-38-12-10-32(11-13-38)21-39(15-18-48-32)29(43)33(34,35)36/h4-9,26,41-42H,2-3,10-21H2,1H3,(H,37,44). The Labute approximate surface area is 285 Å². The largest absolute Gasteiger partial charge is 0.506 e. The zero-order valence-corrected chi connectivity index (χ0v) is 28.0. The van der Waals surface area contributed by atoms with Crippen molar-refractivity contribution in [1.29, 1.82) is 0 Å². The number of hydrogen-bond acceptors (Lipinski definition) is 10. The Morgan fingerprint density at radius 2 is 1.86 bits per heavy atom. The number of unbranched alkanes of at least 4 members (excludes halogenated alkanes) is 1. The number of likely N-dealkylation sites (tertiary alicyclic amines) is 1. The summed E-state index contributed by atoms with van der Waals surface area (Å²) in [5.41, 5.74) is 0.634. The molecule has 5 rings (SSSR count). The van der Waals surface area contributed by atoms with Gasteiger partial charge in [-0.2, -0.15) is 13.2 Å². The van der Waals surface area contributed by atoms with Crippen LogP contribution in [0.5, 0.6) is 11.5 Å². The van der Waals surface area contributed by atoms with Crippen LogP contribution in [0.2, 0.25) is 0 Å². The maximum atomic E-state index is 13.1. The number of amides is 2. The summed E-state index contributed by atoms with van der Waals surface area (Å²) in [7, 11) is 0. The van der Waals surface area contributed by atoms with E-state index in [1.165, 1.54) is 17.0 Å². The van der Waals surface area contributed by atoms with Gasteiger partial charge in [0.25, 0.3) is 0 Å². The van der Waals surface area contributed by atoms with Crippen molar-refractivity contribution in [1.82, 2.24) is 19.7 Å². The zero-order chi connectivity index (χ0) is 35.2. The third-order valence-corrected chi connectivity index (χ3v) is 9.77. The number of aromatic nitrogens is 1. The molecule has 2 fully saturated rings. The summed E-state index contributed by atoms with van der Waals surface area (Å²) in [4.78, 5) is 43.3. The summed E-state index contributed by atoms with van der Waals surface area (Å²) >= 11 is 0.866. The molecule has 3 heterocycles. The van der Waals surface area contributed by atoms with Gasteiger partial charge in [-0.05, 0) is 43.0 Å². The molecule has 16 heteroatoms. The highest BCUT2D eigenvalue weighted by atomic mass is 32.1. The van der Waals surface area contributed by atoms with Crippen molar-refractivity contribution < 1.29 is 47.2 Å². The van der Waals surface area contributed by atoms with Gasteiger partial charge in [-0.25, -0.2) is 4.79 Å². The Bertz CT molecular complexity index is 1640. The Kier molecular flexibility index (Phi) is 11.7. The molecule has 1 spiro atoms. The van der Waals surface area contributed by atoms with Gasteiger partial charge in [0.15, 0.2) is 0 Å². The molecule has 3 N–H and O–H groups in total. The second-order valence-electron chi connectivity index (χ2n) is 12.3. The van der Waals surface area contributed by atoms with E-state index in [0.29, 0.717) is 61.5 Å². The van der Waals surface area contributed by atoms with Crippen molar-refractivity contribution in [2.24, 2.45) is 0 Å². The first-order valence-corrected chi connectivity index (χ1v) is 17.1. The van der Waals surface area contributed by atoms with Crippen LogP contribution in [0, 0.1) is 0 Å². The summed E-state index contributed by atoms with van der Waals surface area (Å²) in [6.45, 7) is 4.36. The first kappa shape index (κ1) is 36.4. The number of phenolic OH excluding ortho intramolecular Hbond substituents is 1. The molecule has 2 aliphatic heterocycles. The van der Waals surface area contributed by atoms with Crippen molar-refractivity contribution in [2.75, 3.05) is 59.1 Å². The lowest BCUT2D eigenvalue weighted by Gasteiger charge is -2.47. The minimum atomic E-state index is -4.90. The minimum absolute atomic E-state index is 0.0643. The topological polar surface area (TPSA) is 145 Å². The number of morpholine rings is 1. The molecule has 268 valence electrons. The number of aromatic amines is 1. The number of piperidine rings is 1. The number of thiazole rings is 1. The number of rotatable bonds is 12. The highest BCUT2D eigenvalue weighted by Gasteiger charge is 2.48. The van der Waals surface area contributed by atoms with E-state index < -0.39 is 29.9 Å². The van der Waals surface area contributed by atoms with Crippen LogP contribution >= 0.6 is 11.3 Å². The van der Waals surface area contributed by atoms with Gasteiger partial charge in [0, 0.05) is 38.3 Å². The van der Waals surface area contributed by atoms with E-state index in [2.05, 4.69) is 9.88 Å². The second-order valence-corrected chi connectivity index (χ2v) is 13.3. The summed E-state index contributed by atoms with van der Waals surface area (Å²) in [5, 5.41) is 21.3. The number of aromatic hydroxyl groups is 1. The molecule has 1 unspecified atom stereocenters. The van der Waals surface area contributed by atoms with E-state index in [9.17, 15) is 37.8 Å². The summed E-state index contributed by atoms with van der Waals surface area (Å²) < 4.78 is 56.5. The molecule has 0 saturated carbocycles. The fraction of sp³-hybridized carbons (Fsp3) is 0.545. The molecule has 2 aliphatic rings. The van der Waals surface area contributed by atoms with E-state index in [4.69, 9.17) is 14.2 Å². The van der Waals surface area contributed by atoms with Gasteiger partial charge in [0.2, 0.25) is 0 Å². The van der Waals surface area contributed by atoms with Gasteiger partial charge in [-0.15, -0.1) is 0 Å². The summed E-state index contributed by atoms with van der Waals surface area (Å²) in [5.74, 6) is -1.32. The molecule has 0 bridgehead atoms. The van der Waals surface area contributed by atoms with Gasteiger partial charge in [0.1, 0.15) is 23.6 Å². The van der Waals surface area contributed by atoms with Crippen LogP contribution in [-0.4, -0.2) is 113 Å². The van der Waals surface area contributed by atoms with Crippen LogP contribution in [0.25, 0.3) is 10.2 Å². The van der Waals surface area contributed by atoms with Crippen molar-refractivity contribution in [3.8, 4) is 11.5 Å². The van der Waals surface area contributed by atoms with E-state index in [-0.39, 0.29) is 55.5 Å². The Hall–Kier alpha value is -3.86. The Balaban J connectivity index is 1.13. The van der Waals surface area contributed by atoms with E-state index in [1.54, 1.807) is 12.1 Å². The number of phenols is 1. The number of hydrogen-bond donors (Lipinski definition) is 3. The SMILES string of the molecule is CCCCOC(=O)N(Cc1ccc(OCCN2CCC3(CC2)CN(C(=O)C(F)(F)F)CCO3)cc1)CC(O)c1ccc(O)c2[nH]c(=O)sc12. The number of H-pyrrole nitrogens is 1. The molecule has 49 heavy (non-hydrogen) atoms. The number of fused-ring (bicyclic) bond motifs is 1. The van der Waals surface area contributed by atoms with E-state index >= 15 is 0 Å². The van der Waals surface area contributed by atoms with Crippen LogP contribution in [0.4, 0.5) is 18.0 Å². The Morgan fingerprint density at radius 1 is 1.12 bits per heavy atom. The van der Waals surface area contributed by atoms with Gasteiger partial charge < -0.3 is 39.2 Å². The van der Waals surface area contributed by atoms with Crippen LogP contribution < -0.4 is 9.61 Å². The number of ether oxygens (including phenoxy) is 3. The number of aliphatic hydroxyl groups excluding tert-OH is 1. The molecular formula is C33H41F3N4O8S. The number of aliphatic hydroxyl groups is 1. The lowest BCUT2D eigenvalue weighted by atomic mass is 9.89. The number of nitrogens with zero attached hydrogens (tertiary/aromatic N) is 3. The first-order valence-electron chi connectivity index (χ1n) is 16.3. The molecule has 2 amide bonds. The van der Waals surface area contributed by atoms with Crippen LogP contribution in [0.15, 0.2) is 41.2 Å². The molecule has 12 nitrogen and oxygen atoms in total. The fourth-order valence-electron chi connectivity index (χ4n) is 6.10. The highest BCUT2D eigenvalue weighted by molar-refractivity contribution is 7.16. The molecule has 0 aliphatic carbocycles. The van der Waals surface area contributed by atoms with Crippen molar-refractivity contribution in [3.05, 3.63) is 57.2 Å². The average Bonchev–Trinajstić information content (AvgIpc) is 3.48. The number of halogens is 3. The van der Waals surface area contributed by atoms with Crippen molar-refractivity contribution in [3.63, 3.8) is 0 Å². The van der Waals surface area contributed by atoms with Gasteiger partial charge in [-0.3, -0.25) is 14.5 Å². The molecule has 2 aromatic carbocycles. The molecule has 1 aromatic heterocycles. The van der Waals surface area contributed by atoms with Gasteiger partial charge >= 0.3 is 23.0 Å². The van der Waals surface area contributed by atoms with Gasteiger partial charge in [0.05, 0.1) is 42.7 Å². The summed E-state index contributed by atoms with van der Waals surface area (Å²) in [6, 6.07) is 10.1.